The lowest BCUT2D eigenvalue weighted by Crippen LogP contribution is -2.27. The Morgan fingerprint density at radius 2 is 2.00 bits per heavy atom. The van der Waals surface area contributed by atoms with Crippen molar-refractivity contribution < 1.29 is 9.32 Å². The van der Waals surface area contributed by atoms with Crippen molar-refractivity contribution in [1.29, 1.82) is 0 Å². The average molecular weight is 289 g/mol. The Morgan fingerprint density at radius 3 is 2.57 bits per heavy atom. The summed E-state index contributed by atoms with van der Waals surface area (Å²) in [6, 6.07) is 1.67. The first-order valence-electron chi connectivity index (χ1n) is 6.77. The molecule has 21 heavy (non-hydrogen) atoms. The summed E-state index contributed by atoms with van der Waals surface area (Å²) in [7, 11) is 1.67. The summed E-state index contributed by atoms with van der Waals surface area (Å²) in [6.07, 6.45) is 0. The summed E-state index contributed by atoms with van der Waals surface area (Å²) in [5.41, 5.74) is 1.13. The molecule has 0 N–H and O–H groups in total. The van der Waals surface area contributed by atoms with Gasteiger partial charge in [0, 0.05) is 18.7 Å². The van der Waals surface area contributed by atoms with Crippen LogP contribution in [0.5, 0.6) is 0 Å². The molecule has 0 saturated heterocycles. The van der Waals surface area contributed by atoms with Crippen molar-refractivity contribution in [2.75, 3.05) is 7.05 Å². The molecule has 7 nitrogen and oxygen atoms in total. The Labute approximate surface area is 123 Å². The van der Waals surface area contributed by atoms with E-state index in [1.54, 1.807) is 20.0 Å². The van der Waals surface area contributed by atoms with Gasteiger partial charge in [0.05, 0.1) is 0 Å². The minimum Gasteiger partial charge on any atom is -0.337 e. The van der Waals surface area contributed by atoms with E-state index in [1.807, 2.05) is 20.8 Å². The molecule has 0 aliphatic rings. The number of amides is 1. The van der Waals surface area contributed by atoms with Crippen molar-refractivity contribution in [2.24, 2.45) is 0 Å². The molecular weight excluding hydrogens is 270 g/mol. The molecule has 0 unspecified atom stereocenters. The van der Waals surface area contributed by atoms with Crippen LogP contribution < -0.4 is 0 Å². The third-order valence-corrected chi connectivity index (χ3v) is 2.90. The van der Waals surface area contributed by atoms with Gasteiger partial charge in [-0.05, 0) is 19.9 Å². The second-order valence-corrected chi connectivity index (χ2v) is 5.30. The van der Waals surface area contributed by atoms with E-state index >= 15 is 0 Å². The van der Waals surface area contributed by atoms with Gasteiger partial charge in [-0.3, -0.25) is 4.79 Å². The number of aromatic nitrogens is 4. The maximum atomic E-state index is 12.3. The summed E-state index contributed by atoms with van der Waals surface area (Å²) in [5.74, 6) is 1.62. The van der Waals surface area contributed by atoms with E-state index < -0.39 is 0 Å². The summed E-state index contributed by atoms with van der Waals surface area (Å²) in [5, 5.41) is 3.88. The highest BCUT2D eigenvalue weighted by Crippen LogP contribution is 2.12. The average Bonchev–Trinajstić information content (AvgIpc) is 2.85. The van der Waals surface area contributed by atoms with Gasteiger partial charge in [0.15, 0.2) is 5.82 Å². The lowest BCUT2D eigenvalue weighted by atomic mass is 10.2. The predicted octanol–water partition coefficient (Wildman–Crippen LogP) is 1.87. The van der Waals surface area contributed by atoms with Crippen LogP contribution in [0.25, 0.3) is 0 Å². The Kier molecular flexibility index (Phi) is 4.30. The lowest BCUT2D eigenvalue weighted by molar-refractivity contribution is 0.0763. The van der Waals surface area contributed by atoms with Crippen LogP contribution in [0.1, 0.15) is 53.5 Å². The fraction of sp³-hybridized carbons (Fsp3) is 0.500. The smallest absolute Gasteiger partial charge is 0.272 e. The first kappa shape index (κ1) is 15.1. The molecule has 2 aromatic rings. The van der Waals surface area contributed by atoms with E-state index in [4.69, 9.17) is 4.52 Å². The SMILES string of the molecule is Cc1cc(C(=O)N(C)Cc2nc(C(C)C)no2)nc(C)n1. The van der Waals surface area contributed by atoms with Crippen molar-refractivity contribution in [3.63, 3.8) is 0 Å². The number of carbonyl (C=O) groups excluding carboxylic acids is 1. The van der Waals surface area contributed by atoms with Gasteiger partial charge >= 0.3 is 0 Å². The lowest BCUT2D eigenvalue weighted by Gasteiger charge is -2.14. The molecule has 0 fully saturated rings. The van der Waals surface area contributed by atoms with Crippen LogP contribution >= 0.6 is 0 Å². The van der Waals surface area contributed by atoms with Crippen molar-refractivity contribution in [3.05, 3.63) is 35.0 Å². The number of nitrogens with zero attached hydrogens (tertiary/aromatic N) is 5. The maximum absolute atomic E-state index is 12.3. The van der Waals surface area contributed by atoms with Gasteiger partial charge in [-0.1, -0.05) is 19.0 Å². The fourth-order valence-electron chi connectivity index (χ4n) is 1.86. The van der Waals surface area contributed by atoms with Crippen LogP contribution in [0.2, 0.25) is 0 Å². The van der Waals surface area contributed by atoms with Gasteiger partial charge in [0.1, 0.15) is 18.1 Å². The minimum atomic E-state index is -0.201. The Morgan fingerprint density at radius 1 is 1.29 bits per heavy atom. The second-order valence-electron chi connectivity index (χ2n) is 5.30. The van der Waals surface area contributed by atoms with Crippen LogP contribution in [0.4, 0.5) is 0 Å². The molecule has 2 heterocycles. The van der Waals surface area contributed by atoms with Crippen molar-refractivity contribution in [1.82, 2.24) is 25.0 Å². The molecule has 0 bridgehead atoms. The zero-order valence-electron chi connectivity index (χ0n) is 12.9. The number of carbonyl (C=O) groups is 1. The first-order chi connectivity index (χ1) is 9.86. The van der Waals surface area contributed by atoms with Gasteiger partial charge in [-0.15, -0.1) is 0 Å². The highest BCUT2D eigenvalue weighted by molar-refractivity contribution is 5.92. The normalized spacial score (nSPS) is 11.0. The standard InChI is InChI=1S/C14H19N5O2/c1-8(2)13-17-12(21-18-13)7-19(5)14(20)11-6-9(3)15-10(4)16-11/h6,8H,7H2,1-5H3. The molecule has 2 aromatic heterocycles. The molecule has 2 rings (SSSR count). The highest BCUT2D eigenvalue weighted by atomic mass is 16.5. The van der Waals surface area contributed by atoms with E-state index in [0.29, 0.717) is 23.2 Å². The van der Waals surface area contributed by atoms with Gasteiger partial charge in [0.2, 0.25) is 5.89 Å². The molecule has 0 spiro atoms. The third-order valence-electron chi connectivity index (χ3n) is 2.90. The van der Waals surface area contributed by atoms with E-state index in [9.17, 15) is 4.79 Å². The molecule has 0 aliphatic carbocycles. The summed E-state index contributed by atoms with van der Waals surface area (Å²) in [6.45, 7) is 7.81. The molecule has 0 aliphatic heterocycles. The van der Waals surface area contributed by atoms with E-state index in [0.717, 1.165) is 5.69 Å². The summed E-state index contributed by atoms with van der Waals surface area (Å²) >= 11 is 0. The van der Waals surface area contributed by atoms with Crippen LogP contribution in [-0.4, -0.2) is 38.0 Å². The molecule has 7 heteroatoms. The van der Waals surface area contributed by atoms with E-state index in [-0.39, 0.29) is 18.4 Å². The van der Waals surface area contributed by atoms with E-state index in [1.165, 1.54) is 4.90 Å². The topological polar surface area (TPSA) is 85.0 Å². The number of hydrogen-bond donors (Lipinski definition) is 0. The van der Waals surface area contributed by atoms with Gasteiger partial charge in [-0.2, -0.15) is 4.98 Å². The van der Waals surface area contributed by atoms with Crippen molar-refractivity contribution in [2.45, 2.75) is 40.2 Å². The molecule has 0 atom stereocenters. The molecule has 112 valence electrons. The summed E-state index contributed by atoms with van der Waals surface area (Å²) < 4.78 is 5.14. The van der Waals surface area contributed by atoms with Crippen molar-refractivity contribution >= 4 is 5.91 Å². The van der Waals surface area contributed by atoms with Gasteiger partial charge in [-0.25, -0.2) is 9.97 Å². The zero-order valence-corrected chi connectivity index (χ0v) is 12.9. The molecule has 0 saturated carbocycles. The van der Waals surface area contributed by atoms with Crippen LogP contribution in [0.15, 0.2) is 10.6 Å². The zero-order chi connectivity index (χ0) is 15.6. The van der Waals surface area contributed by atoms with E-state index in [2.05, 4.69) is 20.1 Å². The van der Waals surface area contributed by atoms with Gasteiger partial charge < -0.3 is 9.42 Å². The quantitative estimate of drug-likeness (QED) is 0.854. The minimum absolute atomic E-state index is 0.190. The van der Waals surface area contributed by atoms with Crippen molar-refractivity contribution in [3.8, 4) is 0 Å². The monoisotopic (exact) mass is 289 g/mol. The summed E-state index contributed by atoms with van der Waals surface area (Å²) in [4.78, 5) is 26.4. The fourth-order valence-corrected chi connectivity index (χ4v) is 1.86. The molecule has 0 aromatic carbocycles. The largest absolute Gasteiger partial charge is 0.337 e. The van der Waals surface area contributed by atoms with Crippen LogP contribution in [-0.2, 0) is 6.54 Å². The van der Waals surface area contributed by atoms with Gasteiger partial charge in [0.25, 0.3) is 5.91 Å². The predicted molar refractivity (Wildman–Crippen MR) is 75.7 cm³/mol. The first-order valence-corrected chi connectivity index (χ1v) is 6.77. The number of aryl methyl sites for hydroxylation is 2. The second kappa shape index (κ2) is 5.99. The molecule has 1 amide bonds. The maximum Gasteiger partial charge on any atom is 0.272 e. The highest BCUT2D eigenvalue weighted by Gasteiger charge is 2.18. The Balaban J connectivity index is 2.11. The number of hydrogen-bond acceptors (Lipinski definition) is 6. The van der Waals surface area contributed by atoms with Crippen LogP contribution in [0.3, 0.4) is 0 Å². The van der Waals surface area contributed by atoms with Crippen LogP contribution in [0, 0.1) is 13.8 Å². The molecular formula is C14H19N5O2. The Hall–Kier alpha value is -2.31. The third kappa shape index (κ3) is 3.62. The Bertz CT molecular complexity index is 630. The molecule has 0 radical (unpaired) electrons. The number of rotatable bonds is 4.